The molecule has 0 saturated carbocycles. The fourth-order valence-corrected chi connectivity index (χ4v) is 4.10. The number of ether oxygens (including phenoxy) is 1. The van der Waals surface area contributed by atoms with Gasteiger partial charge in [0.25, 0.3) is 0 Å². The predicted molar refractivity (Wildman–Crippen MR) is 132 cm³/mol. The highest BCUT2D eigenvalue weighted by molar-refractivity contribution is 5.37. The standard InChI is InChI=1S/C29H36O4/c1-20(2)28(32)29(24-10-5-4-6-11-24)33-27-15-13-22(16-21(27)3)8-7-9-23-12-14-25(18-30)26(17-23)19-31/h4-6,10-17,20,28-32H,7-9,18-19H2,1-3H3. The molecule has 33 heavy (non-hydrogen) atoms. The quantitative estimate of drug-likeness (QED) is 0.373. The van der Waals surface area contributed by atoms with Crippen LogP contribution >= 0.6 is 0 Å². The average molecular weight is 449 g/mol. The van der Waals surface area contributed by atoms with Crippen LogP contribution in [-0.2, 0) is 26.1 Å². The Morgan fingerprint density at radius 3 is 2.03 bits per heavy atom. The highest BCUT2D eigenvalue weighted by atomic mass is 16.5. The van der Waals surface area contributed by atoms with Crippen molar-refractivity contribution < 1.29 is 20.1 Å². The molecule has 0 fully saturated rings. The summed E-state index contributed by atoms with van der Waals surface area (Å²) in [6.45, 7) is 5.94. The van der Waals surface area contributed by atoms with E-state index in [4.69, 9.17) is 4.74 Å². The molecule has 0 amide bonds. The van der Waals surface area contributed by atoms with E-state index in [2.05, 4.69) is 12.1 Å². The summed E-state index contributed by atoms with van der Waals surface area (Å²) in [5.74, 6) is 0.868. The minimum Gasteiger partial charge on any atom is -0.483 e. The second kappa shape index (κ2) is 12.0. The van der Waals surface area contributed by atoms with Gasteiger partial charge in [0.05, 0.1) is 19.3 Å². The van der Waals surface area contributed by atoms with Crippen LogP contribution in [-0.4, -0.2) is 21.4 Å². The van der Waals surface area contributed by atoms with Crippen LogP contribution in [0.1, 0.15) is 59.8 Å². The lowest BCUT2D eigenvalue weighted by Crippen LogP contribution is -2.28. The van der Waals surface area contributed by atoms with Gasteiger partial charge in [-0.3, -0.25) is 0 Å². The number of hydrogen-bond acceptors (Lipinski definition) is 4. The normalized spacial score (nSPS) is 13.2. The number of aliphatic hydroxyl groups is 3. The maximum absolute atomic E-state index is 10.8. The maximum Gasteiger partial charge on any atom is 0.150 e. The van der Waals surface area contributed by atoms with Gasteiger partial charge in [-0.15, -0.1) is 0 Å². The lowest BCUT2D eigenvalue weighted by molar-refractivity contribution is 0.00523. The minimum absolute atomic E-state index is 0.0524. The SMILES string of the molecule is Cc1cc(CCCc2ccc(CO)c(CO)c2)ccc1OC(c1ccccc1)C(O)C(C)C. The summed E-state index contributed by atoms with van der Waals surface area (Å²) in [6.07, 6.45) is 1.81. The Labute approximate surface area is 197 Å². The van der Waals surface area contributed by atoms with Crippen molar-refractivity contribution in [2.45, 2.75) is 65.5 Å². The molecule has 3 rings (SSSR count). The largest absolute Gasteiger partial charge is 0.483 e. The first-order chi connectivity index (χ1) is 15.9. The smallest absolute Gasteiger partial charge is 0.150 e. The first-order valence-corrected chi connectivity index (χ1v) is 11.7. The molecule has 3 aromatic rings. The van der Waals surface area contributed by atoms with Crippen molar-refractivity contribution in [3.63, 3.8) is 0 Å². The number of rotatable bonds is 11. The highest BCUT2D eigenvalue weighted by Crippen LogP contribution is 2.31. The molecule has 0 aliphatic heterocycles. The van der Waals surface area contributed by atoms with Gasteiger partial charge in [0.1, 0.15) is 11.9 Å². The van der Waals surface area contributed by atoms with Crippen molar-refractivity contribution >= 4 is 0 Å². The first kappa shape index (κ1) is 25.0. The summed E-state index contributed by atoms with van der Waals surface area (Å²) in [7, 11) is 0. The van der Waals surface area contributed by atoms with E-state index in [0.29, 0.717) is 0 Å². The Morgan fingerprint density at radius 1 is 0.788 bits per heavy atom. The Kier molecular flexibility index (Phi) is 9.07. The van der Waals surface area contributed by atoms with E-state index in [1.807, 2.05) is 75.4 Å². The number of benzene rings is 3. The zero-order chi connectivity index (χ0) is 23.8. The third-order valence-corrected chi connectivity index (χ3v) is 6.16. The van der Waals surface area contributed by atoms with Crippen LogP contribution in [0, 0.1) is 12.8 Å². The average Bonchev–Trinajstić information content (AvgIpc) is 2.83. The van der Waals surface area contributed by atoms with E-state index < -0.39 is 12.2 Å². The molecule has 2 unspecified atom stereocenters. The monoisotopic (exact) mass is 448 g/mol. The molecule has 0 aromatic heterocycles. The third-order valence-electron chi connectivity index (χ3n) is 6.16. The van der Waals surface area contributed by atoms with Gasteiger partial charge < -0.3 is 20.1 Å². The summed E-state index contributed by atoms with van der Waals surface area (Å²) in [5.41, 5.74) is 6.01. The molecule has 0 spiro atoms. The van der Waals surface area contributed by atoms with Gasteiger partial charge in [-0.05, 0) is 71.6 Å². The number of hydrogen-bond donors (Lipinski definition) is 3. The van der Waals surface area contributed by atoms with Gasteiger partial charge in [0, 0.05) is 0 Å². The minimum atomic E-state index is -0.604. The number of aliphatic hydroxyl groups excluding tert-OH is 3. The fraction of sp³-hybridized carbons (Fsp3) is 0.379. The van der Waals surface area contributed by atoms with E-state index in [9.17, 15) is 15.3 Å². The van der Waals surface area contributed by atoms with Gasteiger partial charge in [0.15, 0.2) is 0 Å². The molecule has 0 heterocycles. The van der Waals surface area contributed by atoms with Crippen molar-refractivity contribution in [2.24, 2.45) is 5.92 Å². The van der Waals surface area contributed by atoms with Crippen LogP contribution in [0.3, 0.4) is 0 Å². The van der Waals surface area contributed by atoms with E-state index in [1.165, 1.54) is 11.1 Å². The van der Waals surface area contributed by atoms with Crippen LogP contribution in [0.4, 0.5) is 0 Å². The molecule has 0 radical (unpaired) electrons. The summed E-state index contributed by atoms with van der Waals surface area (Å²) < 4.78 is 6.34. The Bertz CT molecular complexity index is 1010. The molecular formula is C29H36O4. The van der Waals surface area contributed by atoms with E-state index in [-0.39, 0.29) is 19.1 Å². The third kappa shape index (κ3) is 6.67. The molecule has 0 aliphatic rings. The zero-order valence-corrected chi connectivity index (χ0v) is 19.9. The molecular weight excluding hydrogens is 412 g/mol. The van der Waals surface area contributed by atoms with Crippen molar-refractivity contribution in [1.82, 2.24) is 0 Å². The summed E-state index contributed by atoms with van der Waals surface area (Å²) in [5, 5.41) is 29.6. The Hall–Kier alpha value is -2.66. The second-order valence-electron chi connectivity index (χ2n) is 9.06. The van der Waals surface area contributed by atoms with E-state index in [1.54, 1.807) is 0 Å². The zero-order valence-electron chi connectivity index (χ0n) is 19.9. The van der Waals surface area contributed by atoms with E-state index >= 15 is 0 Å². The molecule has 2 atom stereocenters. The predicted octanol–water partition coefficient (Wildman–Crippen LogP) is 5.29. The van der Waals surface area contributed by atoms with Crippen molar-refractivity contribution in [3.8, 4) is 5.75 Å². The molecule has 176 valence electrons. The van der Waals surface area contributed by atoms with Crippen LogP contribution in [0.15, 0.2) is 66.7 Å². The van der Waals surface area contributed by atoms with Gasteiger partial charge >= 0.3 is 0 Å². The van der Waals surface area contributed by atoms with Gasteiger partial charge in [-0.1, -0.05) is 74.5 Å². The van der Waals surface area contributed by atoms with Crippen LogP contribution in [0.5, 0.6) is 5.75 Å². The first-order valence-electron chi connectivity index (χ1n) is 11.7. The Morgan fingerprint density at radius 2 is 1.42 bits per heavy atom. The van der Waals surface area contributed by atoms with Gasteiger partial charge in [-0.2, -0.15) is 0 Å². The fourth-order valence-electron chi connectivity index (χ4n) is 4.10. The second-order valence-corrected chi connectivity index (χ2v) is 9.06. The highest BCUT2D eigenvalue weighted by Gasteiger charge is 2.26. The molecule has 4 nitrogen and oxygen atoms in total. The van der Waals surface area contributed by atoms with Crippen molar-refractivity contribution in [1.29, 1.82) is 0 Å². The topological polar surface area (TPSA) is 69.9 Å². The Balaban J connectivity index is 1.65. The lowest BCUT2D eigenvalue weighted by Gasteiger charge is -2.28. The van der Waals surface area contributed by atoms with Crippen molar-refractivity contribution in [3.05, 3.63) is 100 Å². The maximum atomic E-state index is 10.8. The van der Waals surface area contributed by atoms with Crippen LogP contribution in [0.2, 0.25) is 0 Å². The molecule has 0 saturated heterocycles. The molecule has 0 aliphatic carbocycles. The van der Waals surface area contributed by atoms with E-state index in [0.717, 1.165) is 47.3 Å². The van der Waals surface area contributed by atoms with Crippen LogP contribution < -0.4 is 4.74 Å². The lowest BCUT2D eigenvalue weighted by atomic mass is 9.95. The molecule has 3 aromatic carbocycles. The van der Waals surface area contributed by atoms with Crippen LogP contribution in [0.25, 0.3) is 0 Å². The number of aryl methyl sites for hydroxylation is 3. The summed E-state index contributed by atoms with van der Waals surface area (Å²) >= 11 is 0. The molecule has 0 bridgehead atoms. The van der Waals surface area contributed by atoms with Gasteiger partial charge in [0.2, 0.25) is 0 Å². The molecule has 3 N–H and O–H groups in total. The summed E-state index contributed by atoms with van der Waals surface area (Å²) in [6, 6.07) is 22.1. The summed E-state index contributed by atoms with van der Waals surface area (Å²) in [4.78, 5) is 0. The van der Waals surface area contributed by atoms with Crippen molar-refractivity contribution in [2.75, 3.05) is 0 Å². The van der Waals surface area contributed by atoms with Gasteiger partial charge in [-0.25, -0.2) is 0 Å². The molecule has 4 heteroatoms.